The molecule has 310 valence electrons. The molecule has 4 fully saturated rings. The van der Waals surface area contributed by atoms with Crippen LogP contribution in [0.2, 0.25) is 0 Å². The molecule has 2 aromatic heterocycles. The van der Waals surface area contributed by atoms with E-state index in [4.69, 9.17) is 15.6 Å². The van der Waals surface area contributed by atoms with Gasteiger partial charge in [0.25, 0.3) is 5.91 Å². The Morgan fingerprint density at radius 3 is 2.28 bits per heavy atom. The van der Waals surface area contributed by atoms with E-state index in [2.05, 4.69) is 46.8 Å². The molecule has 10 rings (SSSR count). The summed E-state index contributed by atoms with van der Waals surface area (Å²) in [4.78, 5) is 55.8. The Kier molecular flexibility index (Phi) is 10.4. The molecule has 5 aliphatic heterocycles. The summed E-state index contributed by atoms with van der Waals surface area (Å²) in [6.45, 7) is 9.13. The molecular formula is C46H52N10O4. The highest BCUT2D eigenvalue weighted by Gasteiger charge is 2.39. The normalized spacial score (nSPS) is 22.2. The molecule has 14 heteroatoms. The molecule has 4 saturated heterocycles. The minimum absolute atomic E-state index is 0.120. The first kappa shape index (κ1) is 38.3. The molecule has 3 N–H and O–H groups in total. The number of carbonyl (C=O) groups excluding carboxylic acids is 3. The second kappa shape index (κ2) is 16.3. The largest absolute Gasteiger partial charge is 0.457 e. The number of fused-ring (bicyclic) bond motifs is 2. The Bertz CT molecular complexity index is 2390. The SMILES string of the molecule is Nc1ncnc2c1c(-c1ccc(Oc3ccccc3)cc1)nn2C1CCN(CC2CCN(CC3CCN(c4ccc5c(c4)CN(C4CCC(=O)NC4=O)C5=O)CC3)C2)CC1. The van der Waals surface area contributed by atoms with Crippen LogP contribution in [0, 0.1) is 11.8 Å². The van der Waals surface area contributed by atoms with E-state index in [9.17, 15) is 14.4 Å². The van der Waals surface area contributed by atoms with Gasteiger partial charge in [-0.15, -0.1) is 0 Å². The highest BCUT2D eigenvalue weighted by atomic mass is 16.5. The van der Waals surface area contributed by atoms with Gasteiger partial charge in [0.05, 0.1) is 11.4 Å². The lowest BCUT2D eigenvalue weighted by atomic mass is 9.95. The number of rotatable bonds is 10. The van der Waals surface area contributed by atoms with Crippen molar-refractivity contribution in [3.8, 4) is 22.8 Å². The average Bonchev–Trinajstić information content (AvgIpc) is 3.98. The summed E-state index contributed by atoms with van der Waals surface area (Å²) in [5.41, 5.74) is 11.8. The summed E-state index contributed by atoms with van der Waals surface area (Å²) in [7, 11) is 0. The van der Waals surface area contributed by atoms with Gasteiger partial charge in [-0.25, -0.2) is 14.6 Å². The van der Waals surface area contributed by atoms with Crippen LogP contribution in [-0.4, -0.2) is 111 Å². The maximum atomic E-state index is 13.2. The van der Waals surface area contributed by atoms with E-state index in [1.54, 1.807) is 11.2 Å². The highest BCUT2D eigenvalue weighted by molar-refractivity contribution is 6.05. The third-order valence-corrected chi connectivity index (χ3v) is 13.4. The van der Waals surface area contributed by atoms with Crippen LogP contribution in [0.25, 0.3) is 22.3 Å². The zero-order chi connectivity index (χ0) is 40.7. The molecule has 14 nitrogen and oxygen atoms in total. The van der Waals surface area contributed by atoms with Gasteiger partial charge in [0.1, 0.15) is 35.4 Å². The molecule has 3 amide bonds. The van der Waals surface area contributed by atoms with E-state index in [0.717, 1.165) is 110 Å². The second-order valence-corrected chi connectivity index (χ2v) is 17.3. The van der Waals surface area contributed by atoms with Gasteiger partial charge in [-0.1, -0.05) is 18.2 Å². The number of hydrogen-bond acceptors (Lipinski definition) is 11. The Balaban J connectivity index is 0.695. The monoisotopic (exact) mass is 808 g/mol. The Labute approximate surface area is 349 Å². The van der Waals surface area contributed by atoms with Crippen LogP contribution < -0.4 is 20.7 Å². The van der Waals surface area contributed by atoms with Crippen molar-refractivity contribution in [1.82, 2.24) is 39.8 Å². The van der Waals surface area contributed by atoms with Crippen LogP contribution in [-0.2, 0) is 16.1 Å². The van der Waals surface area contributed by atoms with Crippen molar-refractivity contribution in [3.63, 3.8) is 0 Å². The lowest BCUT2D eigenvalue weighted by Crippen LogP contribution is -2.52. The number of nitrogens with one attached hydrogen (secondary N) is 1. The van der Waals surface area contributed by atoms with Crippen LogP contribution in [0.4, 0.5) is 11.5 Å². The fourth-order valence-electron chi connectivity index (χ4n) is 10.2. The topological polar surface area (TPSA) is 155 Å². The van der Waals surface area contributed by atoms with Crippen LogP contribution in [0.1, 0.15) is 66.9 Å². The van der Waals surface area contributed by atoms with Crippen LogP contribution in [0.5, 0.6) is 11.5 Å². The summed E-state index contributed by atoms with van der Waals surface area (Å²) in [6, 6.07) is 23.5. The first-order valence-corrected chi connectivity index (χ1v) is 21.6. The summed E-state index contributed by atoms with van der Waals surface area (Å²) in [5, 5.41) is 8.34. The number of nitrogen functional groups attached to an aromatic ring is 1. The zero-order valence-electron chi connectivity index (χ0n) is 33.9. The number of amides is 3. The van der Waals surface area contributed by atoms with Crippen LogP contribution in [0.3, 0.4) is 0 Å². The average molecular weight is 809 g/mol. The molecule has 2 unspecified atom stereocenters. The summed E-state index contributed by atoms with van der Waals surface area (Å²) < 4.78 is 8.12. The lowest BCUT2D eigenvalue weighted by Gasteiger charge is -2.36. The maximum absolute atomic E-state index is 13.2. The van der Waals surface area contributed by atoms with E-state index in [1.807, 2.05) is 60.7 Å². The van der Waals surface area contributed by atoms with Crippen molar-refractivity contribution in [2.24, 2.45) is 11.8 Å². The number of aromatic nitrogens is 4. The molecule has 60 heavy (non-hydrogen) atoms. The zero-order valence-corrected chi connectivity index (χ0v) is 33.9. The number of likely N-dealkylation sites (tertiary alicyclic amines) is 2. The van der Waals surface area contributed by atoms with Gasteiger partial charge in [-0.2, -0.15) is 5.10 Å². The number of hydrogen-bond donors (Lipinski definition) is 2. The number of para-hydroxylation sites is 1. The first-order chi connectivity index (χ1) is 29.3. The molecule has 0 bridgehead atoms. The molecule has 5 aromatic rings. The second-order valence-electron chi connectivity index (χ2n) is 17.3. The van der Waals surface area contributed by atoms with Gasteiger partial charge < -0.3 is 30.1 Å². The molecule has 5 aliphatic rings. The number of benzene rings is 3. The summed E-state index contributed by atoms with van der Waals surface area (Å²) in [5.74, 6) is 2.61. The molecule has 3 aromatic carbocycles. The molecule has 2 atom stereocenters. The standard InChI is InChI=1S/C46H52N10O4/c47-43-41-42(32-6-9-37(10-7-32)60-36-4-2-1-3-5-36)51-56(44(41)49-29-48-43)34-17-20-52(21-18-34)26-31-14-19-53(27-31)25-30-15-22-54(23-16-30)35-8-11-38-33(24-35)28-55(46(38)59)39-12-13-40(57)50-45(39)58/h1-11,24,29-31,34,39H,12-23,25-28H2,(H2,47,48,49)(H,50,57,58). The Hall–Kier alpha value is -5.86. The van der Waals surface area contributed by atoms with E-state index in [0.29, 0.717) is 36.2 Å². The molecule has 0 spiro atoms. The number of carbonyl (C=O) groups is 3. The summed E-state index contributed by atoms with van der Waals surface area (Å²) >= 11 is 0. The smallest absolute Gasteiger partial charge is 0.255 e. The van der Waals surface area contributed by atoms with Crippen molar-refractivity contribution >= 4 is 40.3 Å². The third-order valence-electron chi connectivity index (χ3n) is 13.4. The minimum Gasteiger partial charge on any atom is -0.457 e. The van der Waals surface area contributed by atoms with Gasteiger partial charge in [-0.05, 0) is 117 Å². The number of anilines is 2. The van der Waals surface area contributed by atoms with Crippen LogP contribution in [0.15, 0.2) is 79.1 Å². The van der Waals surface area contributed by atoms with Gasteiger partial charge >= 0.3 is 0 Å². The third kappa shape index (κ3) is 7.69. The van der Waals surface area contributed by atoms with Crippen LogP contribution >= 0.6 is 0 Å². The number of ether oxygens (including phenoxy) is 1. The maximum Gasteiger partial charge on any atom is 0.255 e. The molecular weight excluding hydrogens is 757 g/mol. The predicted octanol–water partition coefficient (Wildman–Crippen LogP) is 5.50. The number of imide groups is 1. The van der Waals surface area contributed by atoms with Gasteiger partial charge in [-0.3, -0.25) is 19.7 Å². The van der Waals surface area contributed by atoms with Crippen molar-refractivity contribution < 1.29 is 19.1 Å². The van der Waals surface area contributed by atoms with E-state index < -0.39 is 6.04 Å². The molecule has 7 heterocycles. The van der Waals surface area contributed by atoms with Crippen molar-refractivity contribution in [2.75, 3.05) is 63.0 Å². The first-order valence-electron chi connectivity index (χ1n) is 21.6. The Morgan fingerprint density at radius 2 is 1.50 bits per heavy atom. The van der Waals surface area contributed by atoms with E-state index in [-0.39, 0.29) is 30.2 Å². The molecule has 0 aliphatic carbocycles. The van der Waals surface area contributed by atoms with E-state index >= 15 is 0 Å². The quantitative estimate of drug-likeness (QED) is 0.172. The van der Waals surface area contributed by atoms with Gasteiger partial charge in [0.2, 0.25) is 11.8 Å². The molecule has 0 saturated carbocycles. The number of nitrogens with zero attached hydrogens (tertiary/aromatic N) is 8. The van der Waals surface area contributed by atoms with Gasteiger partial charge in [0.15, 0.2) is 5.65 Å². The molecule has 0 radical (unpaired) electrons. The van der Waals surface area contributed by atoms with Crippen molar-refractivity contribution in [1.29, 1.82) is 0 Å². The van der Waals surface area contributed by atoms with E-state index in [1.165, 1.54) is 19.5 Å². The number of piperidine rings is 3. The fourth-order valence-corrected chi connectivity index (χ4v) is 10.2. The van der Waals surface area contributed by atoms with Crippen molar-refractivity contribution in [2.45, 2.75) is 63.6 Å². The lowest BCUT2D eigenvalue weighted by molar-refractivity contribution is -0.136. The van der Waals surface area contributed by atoms with Gasteiger partial charge in [0, 0.05) is 75.6 Å². The fraction of sp³-hybridized carbons (Fsp3) is 0.435. The predicted molar refractivity (Wildman–Crippen MR) is 228 cm³/mol. The Morgan fingerprint density at radius 1 is 0.767 bits per heavy atom. The summed E-state index contributed by atoms with van der Waals surface area (Å²) in [6.07, 6.45) is 7.77. The minimum atomic E-state index is -0.587. The number of nitrogens with two attached hydrogens (primary N) is 1. The highest BCUT2D eigenvalue weighted by Crippen LogP contribution is 2.37. The van der Waals surface area contributed by atoms with Crippen molar-refractivity contribution in [3.05, 3.63) is 90.3 Å².